The standard InChI is InChI=1S/C14H18ClNO3/c1-2-19-10-6-8-16(9-7-10)12-5-3-4-11(15)13(12)14(17)18/h3-5,10H,2,6-9H2,1H3,(H,17,18). The quantitative estimate of drug-likeness (QED) is 0.923. The van der Waals surface area contributed by atoms with Crippen molar-refractivity contribution < 1.29 is 14.6 Å². The van der Waals surface area contributed by atoms with E-state index < -0.39 is 5.97 Å². The first kappa shape index (κ1) is 14.2. The number of benzene rings is 1. The Hall–Kier alpha value is -1.26. The van der Waals surface area contributed by atoms with Crippen molar-refractivity contribution in [2.24, 2.45) is 0 Å². The number of anilines is 1. The molecular weight excluding hydrogens is 266 g/mol. The van der Waals surface area contributed by atoms with Gasteiger partial charge < -0.3 is 14.7 Å². The molecule has 1 N–H and O–H groups in total. The van der Waals surface area contributed by atoms with Crippen LogP contribution in [0.1, 0.15) is 30.1 Å². The molecule has 0 saturated carbocycles. The van der Waals surface area contributed by atoms with Gasteiger partial charge in [-0.2, -0.15) is 0 Å². The number of nitrogens with zero attached hydrogens (tertiary/aromatic N) is 1. The molecule has 0 radical (unpaired) electrons. The van der Waals surface area contributed by atoms with Crippen molar-refractivity contribution in [3.63, 3.8) is 0 Å². The van der Waals surface area contributed by atoms with Crippen LogP contribution in [0.4, 0.5) is 5.69 Å². The second kappa shape index (κ2) is 6.26. The monoisotopic (exact) mass is 283 g/mol. The highest BCUT2D eigenvalue weighted by Crippen LogP contribution is 2.30. The van der Waals surface area contributed by atoms with Crippen molar-refractivity contribution in [3.05, 3.63) is 28.8 Å². The maximum atomic E-state index is 11.3. The minimum atomic E-state index is -0.979. The predicted octanol–water partition coefficient (Wildman–Crippen LogP) is 3.04. The number of carboxylic acids is 1. The molecular formula is C14H18ClNO3. The molecule has 0 unspecified atom stereocenters. The van der Waals surface area contributed by atoms with Crippen LogP contribution in [-0.4, -0.2) is 36.9 Å². The van der Waals surface area contributed by atoms with Crippen LogP contribution in [-0.2, 0) is 4.74 Å². The first-order chi connectivity index (χ1) is 9.13. The number of ether oxygens (including phenoxy) is 1. The van der Waals surface area contributed by atoms with E-state index in [1.54, 1.807) is 12.1 Å². The zero-order valence-electron chi connectivity index (χ0n) is 10.9. The molecule has 1 saturated heterocycles. The number of carboxylic acid groups (broad SMARTS) is 1. The van der Waals surface area contributed by atoms with Crippen LogP contribution < -0.4 is 4.90 Å². The van der Waals surface area contributed by atoms with Gasteiger partial charge in [0, 0.05) is 19.7 Å². The van der Waals surface area contributed by atoms with Gasteiger partial charge >= 0.3 is 5.97 Å². The Balaban J connectivity index is 2.15. The lowest BCUT2D eigenvalue weighted by Gasteiger charge is -2.34. The van der Waals surface area contributed by atoms with Crippen molar-refractivity contribution in [1.29, 1.82) is 0 Å². The van der Waals surface area contributed by atoms with Crippen LogP contribution in [0, 0.1) is 0 Å². The van der Waals surface area contributed by atoms with Crippen molar-refractivity contribution in [1.82, 2.24) is 0 Å². The molecule has 1 fully saturated rings. The summed E-state index contributed by atoms with van der Waals surface area (Å²) in [5.41, 5.74) is 0.897. The Kier molecular flexibility index (Phi) is 4.66. The Labute approximate surface area is 117 Å². The molecule has 0 aromatic heterocycles. The van der Waals surface area contributed by atoms with Crippen LogP contribution in [0.15, 0.2) is 18.2 Å². The van der Waals surface area contributed by atoms with Gasteiger partial charge in [0.05, 0.1) is 16.8 Å². The van der Waals surface area contributed by atoms with Gasteiger partial charge in [-0.1, -0.05) is 17.7 Å². The highest BCUT2D eigenvalue weighted by atomic mass is 35.5. The molecule has 1 aliphatic heterocycles. The third-order valence-electron chi connectivity index (χ3n) is 3.39. The highest BCUT2D eigenvalue weighted by molar-refractivity contribution is 6.34. The Morgan fingerprint density at radius 3 is 2.74 bits per heavy atom. The summed E-state index contributed by atoms with van der Waals surface area (Å²) >= 11 is 5.99. The molecule has 2 rings (SSSR count). The van der Waals surface area contributed by atoms with E-state index in [0.717, 1.165) is 32.5 Å². The Bertz CT molecular complexity index is 456. The Morgan fingerprint density at radius 2 is 2.16 bits per heavy atom. The maximum Gasteiger partial charge on any atom is 0.339 e. The first-order valence-electron chi connectivity index (χ1n) is 6.51. The van der Waals surface area contributed by atoms with Crippen molar-refractivity contribution in [2.45, 2.75) is 25.9 Å². The van der Waals surface area contributed by atoms with Crippen molar-refractivity contribution in [2.75, 3.05) is 24.6 Å². The van der Waals surface area contributed by atoms with Gasteiger partial charge in [0.25, 0.3) is 0 Å². The van der Waals surface area contributed by atoms with Gasteiger partial charge in [-0.05, 0) is 31.9 Å². The molecule has 0 aliphatic carbocycles. The van der Waals surface area contributed by atoms with E-state index in [-0.39, 0.29) is 16.7 Å². The van der Waals surface area contributed by atoms with E-state index >= 15 is 0 Å². The van der Waals surface area contributed by atoms with E-state index in [1.807, 2.05) is 13.0 Å². The average Bonchev–Trinajstić information content (AvgIpc) is 2.39. The fraction of sp³-hybridized carbons (Fsp3) is 0.500. The molecule has 1 aromatic rings. The van der Waals surface area contributed by atoms with Gasteiger partial charge in [-0.3, -0.25) is 0 Å². The van der Waals surface area contributed by atoms with E-state index in [1.165, 1.54) is 0 Å². The van der Waals surface area contributed by atoms with Crippen molar-refractivity contribution in [3.8, 4) is 0 Å². The largest absolute Gasteiger partial charge is 0.478 e. The molecule has 1 aliphatic rings. The molecule has 0 amide bonds. The summed E-state index contributed by atoms with van der Waals surface area (Å²) in [7, 11) is 0. The van der Waals surface area contributed by atoms with Crippen LogP contribution >= 0.6 is 11.6 Å². The van der Waals surface area contributed by atoms with E-state index in [0.29, 0.717) is 5.69 Å². The van der Waals surface area contributed by atoms with Crippen LogP contribution in [0.5, 0.6) is 0 Å². The lowest BCUT2D eigenvalue weighted by molar-refractivity contribution is 0.0459. The number of carbonyl (C=O) groups is 1. The van der Waals surface area contributed by atoms with Crippen LogP contribution in [0.3, 0.4) is 0 Å². The second-order valence-corrected chi connectivity index (χ2v) is 4.99. The summed E-state index contributed by atoms with van der Waals surface area (Å²) < 4.78 is 5.60. The molecule has 19 heavy (non-hydrogen) atoms. The molecule has 104 valence electrons. The Morgan fingerprint density at radius 1 is 1.47 bits per heavy atom. The maximum absolute atomic E-state index is 11.3. The number of hydrogen-bond acceptors (Lipinski definition) is 3. The molecule has 4 nitrogen and oxygen atoms in total. The number of rotatable bonds is 4. The third kappa shape index (κ3) is 3.19. The number of halogens is 1. The van der Waals surface area contributed by atoms with E-state index in [9.17, 15) is 9.90 Å². The average molecular weight is 284 g/mol. The third-order valence-corrected chi connectivity index (χ3v) is 3.71. The van der Waals surface area contributed by atoms with Gasteiger partial charge in [0.2, 0.25) is 0 Å². The normalized spacial score (nSPS) is 16.6. The summed E-state index contributed by atoms with van der Waals surface area (Å²) in [6.07, 6.45) is 2.12. The second-order valence-electron chi connectivity index (χ2n) is 4.58. The number of hydrogen-bond donors (Lipinski definition) is 1. The molecule has 0 atom stereocenters. The lowest BCUT2D eigenvalue weighted by Crippen LogP contribution is -2.37. The molecule has 1 aromatic carbocycles. The zero-order valence-corrected chi connectivity index (χ0v) is 11.7. The van der Waals surface area contributed by atoms with Gasteiger partial charge in [-0.25, -0.2) is 4.79 Å². The van der Waals surface area contributed by atoms with Crippen LogP contribution in [0.2, 0.25) is 5.02 Å². The minimum Gasteiger partial charge on any atom is -0.478 e. The molecule has 1 heterocycles. The summed E-state index contributed by atoms with van der Waals surface area (Å²) in [4.78, 5) is 13.4. The fourth-order valence-corrected chi connectivity index (χ4v) is 2.74. The summed E-state index contributed by atoms with van der Waals surface area (Å²) in [5, 5.41) is 9.57. The fourth-order valence-electron chi connectivity index (χ4n) is 2.49. The van der Waals surface area contributed by atoms with Gasteiger partial charge in [0.1, 0.15) is 5.56 Å². The van der Waals surface area contributed by atoms with E-state index in [4.69, 9.17) is 16.3 Å². The van der Waals surface area contributed by atoms with E-state index in [2.05, 4.69) is 4.90 Å². The first-order valence-corrected chi connectivity index (χ1v) is 6.89. The SMILES string of the molecule is CCOC1CCN(c2cccc(Cl)c2C(=O)O)CC1. The topological polar surface area (TPSA) is 49.8 Å². The van der Waals surface area contributed by atoms with Gasteiger partial charge in [0.15, 0.2) is 0 Å². The van der Waals surface area contributed by atoms with Crippen molar-refractivity contribution >= 4 is 23.3 Å². The summed E-state index contributed by atoms with van der Waals surface area (Å²) in [6.45, 7) is 4.31. The number of aromatic carboxylic acids is 1. The van der Waals surface area contributed by atoms with Gasteiger partial charge in [-0.15, -0.1) is 0 Å². The zero-order chi connectivity index (χ0) is 13.8. The highest BCUT2D eigenvalue weighted by Gasteiger charge is 2.24. The summed E-state index contributed by atoms with van der Waals surface area (Å²) in [6, 6.07) is 5.22. The minimum absolute atomic E-state index is 0.194. The lowest BCUT2D eigenvalue weighted by atomic mass is 10.0. The smallest absolute Gasteiger partial charge is 0.339 e. The molecule has 5 heteroatoms. The predicted molar refractivity (Wildman–Crippen MR) is 75.3 cm³/mol. The molecule has 0 spiro atoms. The molecule has 0 bridgehead atoms. The van der Waals surface area contributed by atoms with Crippen LogP contribution in [0.25, 0.3) is 0 Å². The number of piperidine rings is 1. The summed E-state index contributed by atoms with van der Waals surface area (Å²) in [5.74, 6) is -0.979.